The van der Waals surface area contributed by atoms with Gasteiger partial charge in [-0.2, -0.15) is 0 Å². The van der Waals surface area contributed by atoms with E-state index in [1.165, 1.54) is 6.42 Å². The maximum absolute atomic E-state index is 12.9. The van der Waals surface area contributed by atoms with Crippen LogP contribution >= 0.6 is 0 Å². The molecule has 1 amide bonds. The first kappa shape index (κ1) is 17.1. The zero-order chi connectivity index (χ0) is 18.1. The topological polar surface area (TPSA) is 84.9 Å². The second-order valence-corrected chi connectivity index (χ2v) is 7.33. The van der Waals surface area contributed by atoms with Crippen LogP contribution in [0.1, 0.15) is 48.2 Å². The monoisotopic (exact) mass is 360 g/mol. The average molecular weight is 360 g/mol. The quantitative estimate of drug-likeness (QED) is 0.745. The number of piperidine rings is 2. The Balaban J connectivity index is 1.42. The standard InChI is InChI=1S/C18H24N4O4/c1-13-14(11-19-16(20-13)22-7-3-2-4-8-22)15(23)21-9-5-18(6-10-21)12-25-17(24)26-18/h11H,2-10,12H2,1H3. The summed E-state index contributed by atoms with van der Waals surface area (Å²) in [6.45, 7) is 5.15. The Morgan fingerprint density at radius 2 is 1.88 bits per heavy atom. The van der Waals surface area contributed by atoms with Crippen molar-refractivity contribution < 1.29 is 19.1 Å². The minimum Gasteiger partial charge on any atom is -0.430 e. The van der Waals surface area contributed by atoms with Crippen LogP contribution in [0.4, 0.5) is 10.7 Å². The molecule has 1 aromatic heterocycles. The van der Waals surface area contributed by atoms with E-state index in [4.69, 9.17) is 9.47 Å². The first-order valence-corrected chi connectivity index (χ1v) is 9.30. The zero-order valence-electron chi connectivity index (χ0n) is 15.1. The Morgan fingerprint density at radius 1 is 1.15 bits per heavy atom. The van der Waals surface area contributed by atoms with E-state index in [-0.39, 0.29) is 12.5 Å². The summed E-state index contributed by atoms with van der Waals surface area (Å²) in [6.07, 6.45) is 5.80. The molecule has 0 saturated carbocycles. The molecule has 3 aliphatic rings. The van der Waals surface area contributed by atoms with Gasteiger partial charge in [0, 0.05) is 45.2 Å². The number of likely N-dealkylation sites (tertiary alicyclic amines) is 1. The number of ether oxygens (including phenoxy) is 2. The van der Waals surface area contributed by atoms with E-state index in [0.717, 1.165) is 25.9 Å². The van der Waals surface area contributed by atoms with Crippen molar-refractivity contribution in [3.63, 3.8) is 0 Å². The third-order valence-corrected chi connectivity index (χ3v) is 5.55. The summed E-state index contributed by atoms with van der Waals surface area (Å²) >= 11 is 0. The first-order valence-electron chi connectivity index (χ1n) is 9.30. The molecule has 4 heterocycles. The van der Waals surface area contributed by atoms with Crippen LogP contribution in [0.5, 0.6) is 0 Å². The fraction of sp³-hybridized carbons (Fsp3) is 0.667. The molecule has 140 valence electrons. The van der Waals surface area contributed by atoms with Crippen LogP contribution in [0.2, 0.25) is 0 Å². The lowest BCUT2D eigenvalue weighted by Crippen LogP contribution is -2.48. The summed E-state index contributed by atoms with van der Waals surface area (Å²) in [5.41, 5.74) is 0.695. The maximum atomic E-state index is 12.9. The third kappa shape index (κ3) is 3.20. The number of rotatable bonds is 2. The highest BCUT2D eigenvalue weighted by Gasteiger charge is 2.45. The summed E-state index contributed by atoms with van der Waals surface area (Å²) in [4.78, 5) is 37.1. The van der Waals surface area contributed by atoms with Crippen molar-refractivity contribution >= 4 is 18.0 Å². The number of carbonyl (C=O) groups is 2. The van der Waals surface area contributed by atoms with E-state index < -0.39 is 11.8 Å². The molecule has 0 bridgehead atoms. The second-order valence-electron chi connectivity index (χ2n) is 7.33. The predicted octanol–water partition coefficient (Wildman–Crippen LogP) is 1.92. The Morgan fingerprint density at radius 3 is 2.50 bits per heavy atom. The van der Waals surface area contributed by atoms with Crippen LogP contribution in [0.15, 0.2) is 6.20 Å². The Hall–Kier alpha value is -2.38. The number of amides is 1. The van der Waals surface area contributed by atoms with Gasteiger partial charge >= 0.3 is 6.16 Å². The number of hydrogen-bond acceptors (Lipinski definition) is 7. The van der Waals surface area contributed by atoms with Crippen LogP contribution in [0, 0.1) is 6.92 Å². The molecule has 26 heavy (non-hydrogen) atoms. The Kier molecular flexibility index (Phi) is 4.42. The van der Waals surface area contributed by atoms with Gasteiger partial charge in [-0.25, -0.2) is 14.8 Å². The van der Waals surface area contributed by atoms with Crippen molar-refractivity contribution in [3.8, 4) is 0 Å². The molecule has 1 spiro atoms. The van der Waals surface area contributed by atoms with E-state index in [1.807, 2.05) is 6.92 Å². The summed E-state index contributed by atoms with van der Waals surface area (Å²) in [5.74, 6) is 0.652. The van der Waals surface area contributed by atoms with Crippen molar-refractivity contribution in [2.24, 2.45) is 0 Å². The SMILES string of the molecule is Cc1nc(N2CCCCC2)ncc1C(=O)N1CCC2(CC1)COC(=O)O2. The Labute approximate surface area is 152 Å². The number of anilines is 1. The summed E-state index contributed by atoms with van der Waals surface area (Å²) in [6, 6.07) is 0. The van der Waals surface area contributed by atoms with Crippen LogP contribution in [-0.2, 0) is 9.47 Å². The van der Waals surface area contributed by atoms with Crippen molar-refractivity contribution in [2.75, 3.05) is 37.7 Å². The summed E-state index contributed by atoms with van der Waals surface area (Å²) in [5, 5.41) is 0. The lowest BCUT2D eigenvalue weighted by atomic mass is 9.92. The predicted molar refractivity (Wildman–Crippen MR) is 93.1 cm³/mol. The van der Waals surface area contributed by atoms with E-state index in [1.54, 1.807) is 11.1 Å². The smallest absolute Gasteiger partial charge is 0.430 e. The molecular weight excluding hydrogens is 336 g/mol. The molecule has 0 unspecified atom stereocenters. The van der Waals surface area contributed by atoms with Gasteiger partial charge in [0.2, 0.25) is 5.95 Å². The number of aromatic nitrogens is 2. The van der Waals surface area contributed by atoms with Gasteiger partial charge in [0.05, 0.1) is 11.3 Å². The number of nitrogens with zero attached hydrogens (tertiary/aromatic N) is 4. The molecule has 0 N–H and O–H groups in total. The molecular formula is C18H24N4O4. The molecule has 3 fully saturated rings. The average Bonchev–Trinajstić information content (AvgIpc) is 3.02. The fourth-order valence-corrected chi connectivity index (χ4v) is 3.87. The van der Waals surface area contributed by atoms with Crippen molar-refractivity contribution in [3.05, 3.63) is 17.5 Å². The van der Waals surface area contributed by atoms with Crippen LogP contribution in [-0.4, -0.2) is 65.3 Å². The molecule has 8 heteroatoms. The van der Waals surface area contributed by atoms with Crippen LogP contribution in [0.25, 0.3) is 0 Å². The number of carbonyl (C=O) groups excluding carboxylic acids is 2. The minimum atomic E-state index is -0.609. The molecule has 3 aliphatic heterocycles. The van der Waals surface area contributed by atoms with Gasteiger partial charge in [0.15, 0.2) is 5.60 Å². The van der Waals surface area contributed by atoms with Crippen molar-refractivity contribution in [1.82, 2.24) is 14.9 Å². The highest BCUT2D eigenvalue weighted by Crippen LogP contribution is 2.32. The molecule has 0 aromatic carbocycles. The van der Waals surface area contributed by atoms with Crippen molar-refractivity contribution in [1.29, 1.82) is 0 Å². The number of aryl methyl sites for hydroxylation is 1. The van der Waals surface area contributed by atoms with Crippen molar-refractivity contribution in [2.45, 2.75) is 44.6 Å². The van der Waals surface area contributed by atoms with Gasteiger partial charge in [-0.15, -0.1) is 0 Å². The molecule has 0 atom stereocenters. The summed E-state index contributed by atoms with van der Waals surface area (Å²) in [7, 11) is 0. The molecule has 8 nitrogen and oxygen atoms in total. The van der Waals surface area contributed by atoms with E-state index in [2.05, 4.69) is 14.9 Å². The van der Waals surface area contributed by atoms with Gasteiger partial charge < -0.3 is 19.3 Å². The van der Waals surface area contributed by atoms with Gasteiger partial charge in [-0.1, -0.05) is 0 Å². The van der Waals surface area contributed by atoms with Crippen LogP contribution in [0.3, 0.4) is 0 Å². The number of cyclic esters (lactones) is 1. The lowest BCUT2D eigenvalue weighted by molar-refractivity contribution is 0.00277. The molecule has 3 saturated heterocycles. The lowest BCUT2D eigenvalue weighted by Gasteiger charge is -2.36. The first-order chi connectivity index (χ1) is 12.6. The normalized spacial score (nSPS) is 22.3. The van der Waals surface area contributed by atoms with Gasteiger partial charge in [-0.3, -0.25) is 4.79 Å². The maximum Gasteiger partial charge on any atom is 0.509 e. The Bertz CT molecular complexity index is 709. The molecule has 0 aliphatic carbocycles. The van der Waals surface area contributed by atoms with E-state index in [0.29, 0.717) is 43.1 Å². The largest absolute Gasteiger partial charge is 0.509 e. The van der Waals surface area contributed by atoms with E-state index >= 15 is 0 Å². The van der Waals surface area contributed by atoms with Crippen LogP contribution < -0.4 is 4.90 Å². The molecule has 0 radical (unpaired) electrons. The van der Waals surface area contributed by atoms with E-state index in [9.17, 15) is 9.59 Å². The molecule has 1 aromatic rings. The highest BCUT2D eigenvalue weighted by molar-refractivity contribution is 5.95. The van der Waals surface area contributed by atoms with Gasteiger partial charge in [0.1, 0.15) is 6.61 Å². The van der Waals surface area contributed by atoms with Gasteiger partial charge in [0.25, 0.3) is 5.91 Å². The number of hydrogen-bond donors (Lipinski definition) is 0. The zero-order valence-corrected chi connectivity index (χ0v) is 15.1. The molecule has 4 rings (SSSR count). The summed E-state index contributed by atoms with van der Waals surface area (Å²) < 4.78 is 10.2. The fourth-order valence-electron chi connectivity index (χ4n) is 3.87. The van der Waals surface area contributed by atoms with Gasteiger partial charge in [-0.05, 0) is 26.2 Å². The highest BCUT2D eigenvalue weighted by atomic mass is 16.8. The second kappa shape index (κ2) is 6.74. The third-order valence-electron chi connectivity index (χ3n) is 5.55. The minimum absolute atomic E-state index is 0.0622.